The summed E-state index contributed by atoms with van der Waals surface area (Å²) >= 11 is 0. The van der Waals surface area contributed by atoms with Crippen LogP contribution in [0.15, 0.2) is 35.5 Å². The topological polar surface area (TPSA) is 65.1 Å². The minimum atomic E-state index is -0.469. The number of nitrogens with one attached hydrogen (secondary N) is 3. The number of halogens is 2. The van der Waals surface area contributed by atoms with Crippen LogP contribution in [0.2, 0.25) is 0 Å². The molecule has 1 heterocycles. The average molecular weight is 279 g/mol. The third-order valence-corrected chi connectivity index (χ3v) is 2.68. The normalized spacial score (nSPS) is 11.4. The number of aromatic nitrogens is 2. The molecule has 0 atom stereocenters. The second-order valence-electron chi connectivity index (χ2n) is 4.10. The van der Waals surface area contributed by atoms with Crippen molar-refractivity contribution in [3.63, 3.8) is 0 Å². The minimum Gasteiger partial charge on any atom is -0.352 e. The third-order valence-electron chi connectivity index (χ3n) is 2.68. The van der Waals surface area contributed by atoms with Gasteiger partial charge in [-0.05, 0) is 24.3 Å². The molecule has 0 amide bonds. The molecule has 0 fully saturated rings. The second-order valence-corrected chi connectivity index (χ2v) is 4.10. The quantitative estimate of drug-likeness (QED) is 0.588. The maximum absolute atomic E-state index is 13.5. The summed E-state index contributed by atoms with van der Waals surface area (Å²) in [6.45, 7) is 0.650. The Labute approximate surface area is 115 Å². The van der Waals surface area contributed by atoms with Gasteiger partial charge in [0.15, 0.2) is 5.96 Å². The summed E-state index contributed by atoms with van der Waals surface area (Å²) in [5.74, 6) is -0.435. The average Bonchev–Trinajstić information content (AvgIpc) is 2.96. The smallest absolute Gasteiger partial charge is 0.191 e. The number of hydrogen-bond acceptors (Lipinski definition) is 2. The van der Waals surface area contributed by atoms with Gasteiger partial charge in [-0.3, -0.25) is 10.1 Å². The molecule has 2 aromatic rings. The molecule has 5 nitrogen and oxygen atoms in total. The lowest BCUT2D eigenvalue weighted by molar-refractivity contribution is 0.581. The molecule has 0 bridgehead atoms. The molecule has 0 radical (unpaired) electrons. The predicted octanol–water partition coefficient (Wildman–Crippen LogP) is 1.55. The Balaban J connectivity index is 1.89. The molecule has 0 aliphatic heterocycles. The van der Waals surface area contributed by atoms with Crippen LogP contribution in [0.1, 0.15) is 11.3 Å². The van der Waals surface area contributed by atoms with Crippen LogP contribution in [0.25, 0.3) is 0 Å². The van der Waals surface area contributed by atoms with Crippen LogP contribution >= 0.6 is 0 Å². The van der Waals surface area contributed by atoms with Crippen LogP contribution in [0.4, 0.5) is 8.78 Å². The molecule has 1 aromatic heterocycles. The molecule has 20 heavy (non-hydrogen) atoms. The first-order valence-electron chi connectivity index (χ1n) is 6.05. The summed E-state index contributed by atoms with van der Waals surface area (Å²) in [4.78, 5) is 4.00. The Morgan fingerprint density at radius 3 is 2.75 bits per heavy atom. The van der Waals surface area contributed by atoms with Gasteiger partial charge >= 0.3 is 0 Å². The van der Waals surface area contributed by atoms with Crippen molar-refractivity contribution in [2.75, 3.05) is 7.05 Å². The highest BCUT2D eigenvalue weighted by Crippen LogP contribution is 2.09. The van der Waals surface area contributed by atoms with Gasteiger partial charge in [0, 0.05) is 25.4 Å². The van der Waals surface area contributed by atoms with Crippen LogP contribution in [0.5, 0.6) is 0 Å². The van der Waals surface area contributed by atoms with Crippen molar-refractivity contribution in [3.05, 3.63) is 53.4 Å². The lowest BCUT2D eigenvalue weighted by Crippen LogP contribution is -2.36. The maximum Gasteiger partial charge on any atom is 0.191 e. The molecule has 106 valence electrons. The van der Waals surface area contributed by atoms with Crippen LogP contribution in [-0.2, 0) is 13.1 Å². The first kappa shape index (κ1) is 14.0. The first-order chi connectivity index (χ1) is 9.69. The van der Waals surface area contributed by atoms with Gasteiger partial charge in [0.25, 0.3) is 0 Å². The summed E-state index contributed by atoms with van der Waals surface area (Å²) in [7, 11) is 1.60. The Kier molecular flexibility index (Phi) is 4.65. The molecule has 0 spiro atoms. The van der Waals surface area contributed by atoms with Gasteiger partial charge in [-0.25, -0.2) is 8.78 Å². The van der Waals surface area contributed by atoms with E-state index >= 15 is 0 Å². The van der Waals surface area contributed by atoms with Gasteiger partial charge in [0.2, 0.25) is 0 Å². The Hall–Kier alpha value is -2.44. The first-order valence-corrected chi connectivity index (χ1v) is 6.05. The van der Waals surface area contributed by atoms with E-state index in [0.717, 1.165) is 23.9 Å². The van der Waals surface area contributed by atoms with E-state index in [1.807, 2.05) is 6.07 Å². The number of aromatic amines is 1. The summed E-state index contributed by atoms with van der Waals surface area (Å²) in [6, 6.07) is 5.17. The zero-order valence-corrected chi connectivity index (χ0v) is 11.0. The molecule has 3 N–H and O–H groups in total. The molecule has 0 saturated carbocycles. The van der Waals surface area contributed by atoms with Gasteiger partial charge in [0.05, 0.1) is 12.2 Å². The van der Waals surface area contributed by atoms with Crippen LogP contribution in [0, 0.1) is 11.6 Å². The van der Waals surface area contributed by atoms with Crippen molar-refractivity contribution in [1.29, 1.82) is 0 Å². The zero-order chi connectivity index (χ0) is 14.4. The largest absolute Gasteiger partial charge is 0.352 e. The predicted molar refractivity (Wildman–Crippen MR) is 72.0 cm³/mol. The molecule has 0 aliphatic rings. The van der Waals surface area contributed by atoms with Gasteiger partial charge in [-0.2, -0.15) is 5.10 Å². The minimum absolute atomic E-state index is 0.145. The number of guanidine groups is 1. The summed E-state index contributed by atoms with van der Waals surface area (Å²) in [5.41, 5.74) is 1.14. The number of H-pyrrole nitrogens is 1. The summed E-state index contributed by atoms with van der Waals surface area (Å²) in [6.07, 6.45) is 1.65. The van der Waals surface area contributed by atoms with E-state index < -0.39 is 11.6 Å². The number of hydrogen-bond donors (Lipinski definition) is 3. The van der Waals surface area contributed by atoms with Crippen molar-refractivity contribution in [2.24, 2.45) is 4.99 Å². The second kappa shape index (κ2) is 6.65. The van der Waals surface area contributed by atoms with Gasteiger partial charge in [-0.15, -0.1) is 0 Å². The van der Waals surface area contributed by atoms with E-state index in [2.05, 4.69) is 25.8 Å². The SMILES string of the molecule is CN=C(NCc1ccn[nH]1)NCc1cc(F)ccc1F. The Morgan fingerprint density at radius 2 is 2.05 bits per heavy atom. The summed E-state index contributed by atoms with van der Waals surface area (Å²) < 4.78 is 26.5. The van der Waals surface area contributed by atoms with Crippen LogP contribution < -0.4 is 10.6 Å². The van der Waals surface area contributed by atoms with Crippen molar-refractivity contribution < 1.29 is 8.78 Å². The van der Waals surface area contributed by atoms with E-state index in [0.29, 0.717) is 12.5 Å². The lowest BCUT2D eigenvalue weighted by Gasteiger charge is -2.11. The van der Waals surface area contributed by atoms with Gasteiger partial charge in [0.1, 0.15) is 11.6 Å². The van der Waals surface area contributed by atoms with E-state index in [4.69, 9.17) is 0 Å². The molecule has 2 rings (SSSR count). The summed E-state index contributed by atoms with van der Waals surface area (Å²) in [5, 5.41) is 12.6. The van der Waals surface area contributed by atoms with Gasteiger partial charge < -0.3 is 10.6 Å². The van der Waals surface area contributed by atoms with Crippen molar-refractivity contribution >= 4 is 5.96 Å². The number of nitrogens with zero attached hydrogens (tertiary/aromatic N) is 2. The molecule has 0 unspecified atom stereocenters. The standard InChI is InChI=1S/C13H15F2N5/c1-16-13(18-8-11-4-5-19-20-11)17-7-9-6-10(14)2-3-12(9)15/h2-6H,7-8H2,1H3,(H,19,20)(H2,16,17,18). The van der Waals surface area contributed by atoms with Crippen molar-refractivity contribution in [3.8, 4) is 0 Å². The molecule has 7 heteroatoms. The fraction of sp³-hybridized carbons (Fsp3) is 0.231. The van der Waals surface area contributed by atoms with Crippen LogP contribution in [-0.4, -0.2) is 23.2 Å². The number of benzene rings is 1. The Bertz CT molecular complexity index is 580. The highest BCUT2D eigenvalue weighted by Gasteiger charge is 2.05. The van der Waals surface area contributed by atoms with E-state index in [9.17, 15) is 8.78 Å². The molecular weight excluding hydrogens is 264 g/mol. The fourth-order valence-corrected chi connectivity index (χ4v) is 1.64. The van der Waals surface area contributed by atoms with E-state index in [1.54, 1.807) is 13.2 Å². The van der Waals surface area contributed by atoms with Gasteiger partial charge in [-0.1, -0.05) is 0 Å². The highest BCUT2D eigenvalue weighted by atomic mass is 19.1. The molecule has 0 aliphatic carbocycles. The number of rotatable bonds is 4. The van der Waals surface area contributed by atoms with E-state index in [-0.39, 0.29) is 12.1 Å². The lowest BCUT2D eigenvalue weighted by atomic mass is 10.2. The molecule has 0 saturated heterocycles. The molecule has 1 aromatic carbocycles. The van der Waals surface area contributed by atoms with E-state index in [1.165, 1.54) is 0 Å². The monoisotopic (exact) mass is 279 g/mol. The highest BCUT2D eigenvalue weighted by molar-refractivity contribution is 5.79. The fourth-order valence-electron chi connectivity index (χ4n) is 1.64. The van der Waals surface area contributed by atoms with Crippen molar-refractivity contribution in [1.82, 2.24) is 20.8 Å². The number of aliphatic imine (C=N–C) groups is 1. The Morgan fingerprint density at radius 1 is 1.25 bits per heavy atom. The van der Waals surface area contributed by atoms with Crippen LogP contribution in [0.3, 0.4) is 0 Å². The maximum atomic E-state index is 13.5. The third kappa shape index (κ3) is 3.78. The molecular formula is C13H15F2N5. The van der Waals surface area contributed by atoms with Crippen molar-refractivity contribution in [2.45, 2.75) is 13.1 Å². The zero-order valence-electron chi connectivity index (χ0n) is 11.0.